The van der Waals surface area contributed by atoms with Crippen LogP contribution in [0.3, 0.4) is 0 Å². The lowest BCUT2D eigenvalue weighted by molar-refractivity contribution is 0.274. The number of sulfonamides is 1. The van der Waals surface area contributed by atoms with Crippen molar-refractivity contribution in [3.8, 4) is 0 Å². The molecule has 0 saturated heterocycles. The van der Waals surface area contributed by atoms with E-state index in [0.29, 0.717) is 13.0 Å². The van der Waals surface area contributed by atoms with Crippen molar-refractivity contribution in [2.45, 2.75) is 17.9 Å². The summed E-state index contributed by atoms with van der Waals surface area (Å²) in [5, 5.41) is 9.11. The number of aliphatic hydroxyl groups excluding tert-OH is 1. The van der Waals surface area contributed by atoms with Crippen LogP contribution in [0.5, 0.6) is 0 Å². The zero-order valence-electron chi connectivity index (χ0n) is 10.0. The number of nitrogens with zero attached hydrogens (tertiary/aromatic N) is 1. The average molecular weight is 306 g/mol. The van der Waals surface area contributed by atoms with Crippen molar-refractivity contribution in [2.75, 3.05) is 13.1 Å². The van der Waals surface area contributed by atoms with Crippen molar-refractivity contribution < 1.29 is 17.9 Å². The second-order valence-electron chi connectivity index (χ2n) is 4.16. The first kappa shape index (κ1) is 14.5. The maximum Gasteiger partial charge on any atom is 0.246 e. The summed E-state index contributed by atoms with van der Waals surface area (Å²) in [5.41, 5.74) is -0.126. The van der Waals surface area contributed by atoms with Gasteiger partial charge >= 0.3 is 0 Å². The molecule has 4 nitrogen and oxygen atoms in total. The molecule has 0 fully saturated rings. The van der Waals surface area contributed by atoms with Gasteiger partial charge in [-0.3, -0.25) is 0 Å². The summed E-state index contributed by atoms with van der Waals surface area (Å²) in [6.45, 7) is -0.0865. The van der Waals surface area contributed by atoms with Gasteiger partial charge < -0.3 is 5.11 Å². The van der Waals surface area contributed by atoms with Gasteiger partial charge in [-0.05, 0) is 18.6 Å². The normalized spacial score (nSPS) is 16.8. The van der Waals surface area contributed by atoms with E-state index >= 15 is 0 Å². The van der Waals surface area contributed by atoms with Gasteiger partial charge in [-0.2, -0.15) is 4.31 Å². The molecule has 0 aliphatic carbocycles. The van der Waals surface area contributed by atoms with E-state index in [-0.39, 0.29) is 17.1 Å². The molecule has 0 saturated carbocycles. The van der Waals surface area contributed by atoms with E-state index in [4.69, 9.17) is 16.7 Å². The molecule has 1 N–H and O–H groups in total. The lowest BCUT2D eigenvalue weighted by atomic mass is 10.2. The van der Waals surface area contributed by atoms with Gasteiger partial charge in [0.2, 0.25) is 10.0 Å². The number of halogens is 2. The fraction of sp³-hybridized carbons (Fsp3) is 0.333. The lowest BCUT2D eigenvalue weighted by Gasteiger charge is -2.23. The Labute approximate surface area is 116 Å². The largest absolute Gasteiger partial charge is 0.392 e. The maximum absolute atomic E-state index is 14.1. The molecule has 1 aromatic rings. The van der Waals surface area contributed by atoms with Crippen LogP contribution < -0.4 is 0 Å². The summed E-state index contributed by atoms with van der Waals surface area (Å²) in [6, 6.07) is 2.29. The van der Waals surface area contributed by atoms with E-state index < -0.39 is 27.3 Å². The molecule has 0 bridgehead atoms. The number of hydrogen-bond acceptors (Lipinski definition) is 3. The second kappa shape index (κ2) is 5.58. The van der Waals surface area contributed by atoms with Gasteiger partial charge in [-0.25, -0.2) is 12.8 Å². The summed E-state index contributed by atoms with van der Waals surface area (Å²) in [5.74, 6) is -0.943. The number of benzene rings is 1. The molecule has 1 aliphatic rings. The Kier molecular flexibility index (Phi) is 4.25. The quantitative estimate of drug-likeness (QED) is 0.868. The highest BCUT2D eigenvalue weighted by molar-refractivity contribution is 7.89. The third-order valence-electron chi connectivity index (χ3n) is 2.89. The molecule has 1 aromatic carbocycles. The van der Waals surface area contributed by atoms with E-state index in [1.165, 1.54) is 10.4 Å². The van der Waals surface area contributed by atoms with Gasteiger partial charge in [0.25, 0.3) is 0 Å². The number of aliphatic hydroxyl groups is 1. The maximum atomic E-state index is 14.1. The second-order valence-corrected chi connectivity index (χ2v) is 6.50. The van der Waals surface area contributed by atoms with Crippen LogP contribution in [-0.2, 0) is 16.6 Å². The lowest BCUT2D eigenvalue weighted by Crippen LogP contribution is -2.34. The Hall–Kier alpha value is -0.950. The first-order chi connectivity index (χ1) is 8.96. The van der Waals surface area contributed by atoms with Crippen molar-refractivity contribution in [1.29, 1.82) is 0 Å². The molecule has 0 spiro atoms. The van der Waals surface area contributed by atoms with Gasteiger partial charge in [-0.1, -0.05) is 23.8 Å². The Morgan fingerprint density at radius 2 is 2.11 bits per heavy atom. The van der Waals surface area contributed by atoms with Crippen molar-refractivity contribution in [2.24, 2.45) is 0 Å². The summed E-state index contributed by atoms with van der Waals surface area (Å²) in [7, 11) is -3.94. The SMILES string of the molecule is O=S(=O)(c1cc(Cl)cc(CO)c1F)N1CC=CCC1. The highest BCUT2D eigenvalue weighted by Crippen LogP contribution is 2.27. The van der Waals surface area contributed by atoms with E-state index in [2.05, 4.69) is 0 Å². The van der Waals surface area contributed by atoms with Crippen LogP contribution in [0.4, 0.5) is 4.39 Å². The Balaban J connectivity index is 2.51. The van der Waals surface area contributed by atoms with Crippen LogP contribution >= 0.6 is 11.6 Å². The molecule has 7 heteroatoms. The zero-order chi connectivity index (χ0) is 14.0. The summed E-state index contributed by atoms with van der Waals surface area (Å²) < 4.78 is 39.9. The standard InChI is InChI=1S/C12H13ClFNO3S/c13-10-6-9(8-16)12(14)11(7-10)19(17,18)15-4-2-1-3-5-15/h1-2,6-7,16H,3-5,8H2. The van der Waals surface area contributed by atoms with Crippen LogP contribution in [0, 0.1) is 5.82 Å². The number of rotatable bonds is 3. The topological polar surface area (TPSA) is 57.6 Å². The molecular weight excluding hydrogens is 293 g/mol. The zero-order valence-corrected chi connectivity index (χ0v) is 11.6. The highest BCUT2D eigenvalue weighted by atomic mass is 35.5. The van der Waals surface area contributed by atoms with Crippen molar-refractivity contribution in [3.63, 3.8) is 0 Å². The average Bonchev–Trinajstić information content (AvgIpc) is 2.41. The summed E-state index contributed by atoms with van der Waals surface area (Å²) in [6.07, 6.45) is 4.18. The molecule has 19 heavy (non-hydrogen) atoms. The first-order valence-corrected chi connectivity index (χ1v) is 7.52. The minimum absolute atomic E-state index is 0.0802. The fourth-order valence-electron chi connectivity index (χ4n) is 1.90. The van der Waals surface area contributed by atoms with Crippen LogP contribution in [-0.4, -0.2) is 30.9 Å². The Morgan fingerprint density at radius 1 is 1.37 bits per heavy atom. The van der Waals surface area contributed by atoms with Crippen molar-refractivity contribution in [3.05, 3.63) is 40.7 Å². The minimum Gasteiger partial charge on any atom is -0.392 e. The van der Waals surface area contributed by atoms with Crippen molar-refractivity contribution >= 4 is 21.6 Å². The monoisotopic (exact) mass is 305 g/mol. The predicted molar refractivity (Wildman–Crippen MR) is 69.8 cm³/mol. The predicted octanol–water partition coefficient (Wildman–Crippen LogP) is 1.92. The molecule has 104 valence electrons. The third-order valence-corrected chi connectivity index (χ3v) is 4.97. The first-order valence-electron chi connectivity index (χ1n) is 5.70. The molecular formula is C12H13ClFNO3S. The molecule has 0 unspecified atom stereocenters. The Morgan fingerprint density at radius 3 is 2.68 bits per heavy atom. The van der Waals surface area contributed by atoms with Crippen LogP contribution in [0.25, 0.3) is 0 Å². The van der Waals surface area contributed by atoms with E-state index in [9.17, 15) is 12.8 Å². The van der Waals surface area contributed by atoms with Crippen LogP contribution in [0.2, 0.25) is 5.02 Å². The van der Waals surface area contributed by atoms with E-state index in [1.54, 1.807) is 6.08 Å². The molecule has 0 amide bonds. The van der Waals surface area contributed by atoms with Gasteiger partial charge in [0, 0.05) is 23.7 Å². The van der Waals surface area contributed by atoms with Gasteiger partial charge in [0.1, 0.15) is 10.7 Å². The summed E-state index contributed by atoms with van der Waals surface area (Å²) in [4.78, 5) is -0.487. The molecule has 1 aliphatic heterocycles. The minimum atomic E-state index is -3.94. The van der Waals surface area contributed by atoms with Crippen LogP contribution in [0.1, 0.15) is 12.0 Å². The van der Waals surface area contributed by atoms with Gasteiger partial charge in [0.05, 0.1) is 6.61 Å². The highest BCUT2D eigenvalue weighted by Gasteiger charge is 2.29. The van der Waals surface area contributed by atoms with Gasteiger partial charge in [0.15, 0.2) is 0 Å². The molecule has 1 heterocycles. The summed E-state index contributed by atoms with van der Waals surface area (Å²) >= 11 is 5.77. The molecule has 0 radical (unpaired) electrons. The number of hydrogen-bond donors (Lipinski definition) is 1. The third kappa shape index (κ3) is 2.81. The smallest absolute Gasteiger partial charge is 0.246 e. The van der Waals surface area contributed by atoms with Crippen molar-refractivity contribution in [1.82, 2.24) is 4.31 Å². The fourth-order valence-corrected chi connectivity index (χ4v) is 3.74. The molecule has 2 rings (SSSR count). The Bertz CT molecular complexity index is 616. The van der Waals surface area contributed by atoms with Gasteiger partial charge in [-0.15, -0.1) is 0 Å². The molecule has 0 atom stereocenters. The van der Waals surface area contributed by atoms with E-state index in [1.807, 2.05) is 6.08 Å². The molecule has 0 aromatic heterocycles. The van der Waals surface area contributed by atoms with Crippen LogP contribution in [0.15, 0.2) is 29.2 Å². The van der Waals surface area contributed by atoms with E-state index in [0.717, 1.165) is 6.07 Å².